The van der Waals surface area contributed by atoms with E-state index in [1.165, 1.54) is 12.3 Å². The highest BCUT2D eigenvalue weighted by Gasteiger charge is 2.23. The zero-order valence-electron chi connectivity index (χ0n) is 12.0. The van der Waals surface area contributed by atoms with Crippen molar-refractivity contribution in [3.63, 3.8) is 0 Å². The number of sulfonamides is 1. The fourth-order valence-electron chi connectivity index (χ4n) is 2.27. The summed E-state index contributed by atoms with van der Waals surface area (Å²) in [6, 6.07) is 1.31. The Morgan fingerprint density at radius 3 is 2.64 bits per heavy atom. The van der Waals surface area contributed by atoms with Crippen LogP contribution in [0.15, 0.2) is 17.2 Å². The number of carbonyl (C=O) groups excluding carboxylic acids is 1. The Balaban J connectivity index is 1.97. The Kier molecular flexibility index (Phi) is 5.19. The van der Waals surface area contributed by atoms with Crippen molar-refractivity contribution < 1.29 is 23.1 Å². The van der Waals surface area contributed by atoms with E-state index in [1.54, 1.807) is 4.90 Å². The highest BCUT2D eigenvalue weighted by molar-refractivity contribution is 7.89. The standard InChI is InChI=1S/C13H19N3O5S/c17-12(18)4-3-5-15-22(20,21)10-8-11(14-9-10)13(19)16-6-1-2-7-16/h8-9,14-15H,1-7H2,(H,17,18). The quantitative estimate of drug-likeness (QED) is 0.625. The van der Waals surface area contributed by atoms with Crippen LogP contribution in [-0.2, 0) is 14.8 Å². The Morgan fingerprint density at radius 2 is 2.00 bits per heavy atom. The lowest BCUT2D eigenvalue weighted by molar-refractivity contribution is -0.137. The Hall–Kier alpha value is -1.87. The number of nitrogens with one attached hydrogen (secondary N) is 2. The molecule has 0 spiro atoms. The molecule has 0 atom stereocenters. The van der Waals surface area contributed by atoms with E-state index in [4.69, 9.17) is 5.11 Å². The third-order valence-corrected chi connectivity index (χ3v) is 4.89. The maximum atomic E-state index is 12.1. The SMILES string of the molecule is O=C(O)CCCNS(=O)(=O)c1c[nH]c(C(=O)N2CCCC2)c1. The third-order valence-electron chi connectivity index (χ3n) is 3.45. The van der Waals surface area contributed by atoms with Crippen LogP contribution in [0.25, 0.3) is 0 Å². The van der Waals surface area contributed by atoms with Gasteiger partial charge in [-0.25, -0.2) is 13.1 Å². The lowest BCUT2D eigenvalue weighted by Crippen LogP contribution is -2.28. The number of H-pyrrole nitrogens is 1. The Bertz CT molecular complexity index is 646. The van der Waals surface area contributed by atoms with Gasteiger partial charge in [0.05, 0.1) is 0 Å². The van der Waals surface area contributed by atoms with Crippen molar-refractivity contribution >= 4 is 21.9 Å². The predicted octanol–water partition coefficient (Wildman–Crippen LogP) is 0.394. The van der Waals surface area contributed by atoms with Crippen molar-refractivity contribution in [2.24, 2.45) is 0 Å². The molecule has 1 aliphatic heterocycles. The molecule has 8 nitrogen and oxygen atoms in total. The zero-order chi connectivity index (χ0) is 16.2. The predicted molar refractivity (Wildman–Crippen MR) is 78.0 cm³/mol. The summed E-state index contributed by atoms with van der Waals surface area (Å²) in [4.78, 5) is 26.9. The van der Waals surface area contributed by atoms with Gasteiger partial charge < -0.3 is 15.0 Å². The summed E-state index contributed by atoms with van der Waals surface area (Å²) in [5, 5.41) is 8.50. The fourth-order valence-corrected chi connectivity index (χ4v) is 3.34. The maximum Gasteiger partial charge on any atom is 0.303 e. The summed E-state index contributed by atoms with van der Waals surface area (Å²) in [5.41, 5.74) is 0.243. The summed E-state index contributed by atoms with van der Waals surface area (Å²) in [5.74, 6) is -1.18. The van der Waals surface area contributed by atoms with Gasteiger partial charge in [0.25, 0.3) is 5.91 Å². The number of rotatable bonds is 7. The van der Waals surface area contributed by atoms with Gasteiger partial charge >= 0.3 is 5.97 Å². The van der Waals surface area contributed by atoms with Crippen molar-refractivity contribution in [1.82, 2.24) is 14.6 Å². The molecule has 22 heavy (non-hydrogen) atoms. The van der Waals surface area contributed by atoms with Crippen molar-refractivity contribution in [3.8, 4) is 0 Å². The van der Waals surface area contributed by atoms with Gasteiger partial charge in [-0.3, -0.25) is 9.59 Å². The Labute approximate surface area is 128 Å². The van der Waals surface area contributed by atoms with Crippen molar-refractivity contribution in [3.05, 3.63) is 18.0 Å². The summed E-state index contributed by atoms with van der Waals surface area (Å²) in [6.07, 6.45) is 3.29. The van der Waals surface area contributed by atoms with Gasteiger partial charge in [-0.15, -0.1) is 0 Å². The molecule has 0 radical (unpaired) electrons. The minimum atomic E-state index is -3.74. The third kappa shape index (κ3) is 4.08. The summed E-state index contributed by atoms with van der Waals surface area (Å²) in [7, 11) is -3.74. The second-order valence-corrected chi connectivity index (χ2v) is 6.91. The highest BCUT2D eigenvalue weighted by atomic mass is 32.2. The van der Waals surface area contributed by atoms with Crippen LogP contribution < -0.4 is 4.72 Å². The van der Waals surface area contributed by atoms with E-state index in [1.807, 2.05) is 0 Å². The first kappa shape index (κ1) is 16.5. The average molecular weight is 329 g/mol. The van der Waals surface area contributed by atoms with Crippen molar-refractivity contribution in [2.75, 3.05) is 19.6 Å². The van der Waals surface area contributed by atoms with Crippen LogP contribution in [0.1, 0.15) is 36.2 Å². The van der Waals surface area contributed by atoms with E-state index < -0.39 is 16.0 Å². The van der Waals surface area contributed by atoms with Gasteiger partial charge in [0.1, 0.15) is 10.6 Å². The van der Waals surface area contributed by atoms with Crippen LogP contribution in [0.4, 0.5) is 0 Å². The number of carboxylic acids is 1. The second-order valence-electron chi connectivity index (χ2n) is 5.14. The van der Waals surface area contributed by atoms with E-state index in [9.17, 15) is 18.0 Å². The van der Waals surface area contributed by atoms with Gasteiger partial charge in [0.15, 0.2) is 0 Å². The molecule has 9 heteroatoms. The molecule has 2 rings (SSSR count). The van der Waals surface area contributed by atoms with Gasteiger partial charge in [0, 0.05) is 32.3 Å². The van der Waals surface area contributed by atoms with Crippen molar-refractivity contribution in [2.45, 2.75) is 30.6 Å². The number of likely N-dealkylation sites (tertiary alicyclic amines) is 1. The molecule has 2 heterocycles. The monoisotopic (exact) mass is 329 g/mol. The summed E-state index contributed by atoms with van der Waals surface area (Å²) >= 11 is 0. The van der Waals surface area contributed by atoms with Gasteiger partial charge in [0.2, 0.25) is 10.0 Å². The summed E-state index contributed by atoms with van der Waals surface area (Å²) in [6.45, 7) is 1.41. The first-order valence-electron chi connectivity index (χ1n) is 7.09. The molecule has 1 aromatic heterocycles. The van der Waals surface area contributed by atoms with Crippen LogP contribution in [-0.4, -0.2) is 54.9 Å². The largest absolute Gasteiger partial charge is 0.481 e. The summed E-state index contributed by atoms with van der Waals surface area (Å²) < 4.78 is 26.4. The fraction of sp³-hybridized carbons (Fsp3) is 0.538. The van der Waals surface area contributed by atoms with Crippen LogP contribution in [0.2, 0.25) is 0 Å². The first-order valence-corrected chi connectivity index (χ1v) is 8.57. The number of hydrogen-bond acceptors (Lipinski definition) is 4. The molecule has 1 aliphatic rings. The molecule has 1 fully saturated rings. The van der Waals surface area contributed by atoms with E-state index in [0.29, 0.717) is 13.1 Å². The molecular weight excluding hydrogens is 310 g/mol. The van der Waals surface area contributed by atoms with E-state index in [2.05, 4.69) is 9.71 Å². The van der Waals surface area contributed by atoms with Crippen LogP contribution in [0.3, 0.4) is 0 Å². The second kappa shape index (κ2) is 6.93. The molecule has 1 saturated heterocycles. The minimum Gasteiger partial charge on any atom is -0.481 e. The van der Waals surface area contributed by atoms with Gasteiger partial charge in [-0.1, -0.05) is 0 Å². The lowest BCUT2D eigenvalue weighted by Gasteiger charge is -2.13. The smallest absolute Gasteiger partial charge is 0.303 e. The molecule has 0 aliphatic carbocycles. The molecule has 3 N–H and O–H groups in total. The molecule has 122 valence electrons. The molecule has 0 aromatic carbocycles. The van der Waals surface area contributed by atoms with Crippen LogP contribution in [0, 0.1) is 0 Å². The first-order chi connectivity index (χ1) is 10.4. The lowest BCUT2D eigenvalue weighted by atomic mass is 10.3. The topological polar surface area (TPSA) is 120 Å². The minimum absolute atomic E-state index is 0.0228. The molecule has 0 unspecified atom stereocenters. The normalized spacial score (nSPS) is 15.2. The van der Waals surface area contributed by atoms with E-state index >= 15 is 0 Å². The number of hydrogen-bond donors (Lipinski definition) is 3. The van der Waals surface area contributed by atoms with Gasteiger partial charge in [-0.05, 0) is 25.3 Å². The number of aromatic amines is 1. The number of nitrogens with zero attached hydrogens (tertiary/aromatic N) is 1. The molecular formula is C13H19N3O5S. The number of carboxylic acid groups (broad SMARTS) is 1. The van der Waals surface area contributed by atoms with Crippen molar-refractivity contribution in [1.29, 1.82) is 0 Å². The average Bonchev–Trinajstić information content (AvgIpc) is 3.13. The van der Waals surface area contributed by atoms with Crippen LogP contribution >= 0.6 is 0 Å². The molecule has 1 aromatic rings. The number of amides is 1. The molecule has 1 amide bonds. The maximum absolute atomic E-state index is 12.1. The molecule has 0 saturated carbocycles. The van der Waals surface area contributed by atoms with Gasteiger partial charge in [-0.2, -0.15) is 0 Å². The Morgan fingerprint density at radius 1 is 1.32 bits per heavy atom. The van der Waals surface area contributed by atoms with E-state index in [0.717, 1.165) is 12.8 Å². The number of aromatic nitrogens is 1. The molecule has 0 bridgehead atoms. The number of carbonyl (C=O) groups is 2. The zero-order valence-corrected chi connectivity index (χ0v) is 12.9. The number of aliphatic carboxylic acids is 1. The van der Waals surface area contributed by atoms with E-state index in [-0.39, 0.29) is 35.9 Å². The highest BCUT2D eigenvalue weighted by Crippen LogP contribution is 2.15. The van der Waals surface area contributed by atoms with Crippen LogP contribution in [0.5, 0.6) is 0 Å².